The average Bonchev–Trinajstić information content (AvgIpc) is 3.16. The Bertz CT molecular complexity index is 1260. The van der Waals surface area contributed by atoms with Crippen molar-refractivity contribution < 1.29 is 18.7 Å². The zero-order valence-electron chi connectivity index (χ0n) is 20.1. The van der Waals surface area contributed by atoms with Gasteiger partial charge in [-0.1, -0.05) is 44.2 Å². The maximum Gasteiger partial charge on any atom is 0.339 e. The number of methoxy groups -OCH3 is 1. The van der Waals surface area contributed by atoms with Crippen molar-refractivity contribution in [3.8, 4) is 0 Å². The Kier molecular flexibility index (Phi) is 6.28. The summed E-state index contributed by atoms with van der Waals surface area (Å²) in [7, 11) is 2.94. The molecule has 1 aromatic heterocycles. The molecular formula is C27H29N3O4. The molecule has 1 heterocycles. The first-order chi connectivity index (χ1) is 16.2. The predicted octanol–water partition coefficient (Wildman–Crippen LogP) is 5.44. The molecule has 0 aliphatic heterocycles. The molecule has 1 aliphatic rings. The monoisotopic (exact) mass is 459 g/mol. The van der Waals surface area contributed by atoms with Crippen LogP contribution in [0.3, 0.4) is 0 Å². The first kappa shape index (κ1) is 23.3. The van der Waals surface area contributed by atoms with Crippen molar-refractivity contribution in [2.45, 2.75) is 33.6 Å². The number of amides is 1. The number of nitrogens with one attached hydrogen (secondary N) is 1. The van der Waals surface area contributed by atoms with Gasteiger partial charge < -0.3 is 14.1 Å². The van der Waals surface area contributed by atoms with E-state index in [1.807, 2.05) is 37.3 Å². The number of nitrogens with zero attached hydrogens (tertiary/aromatic N) is 2. The number of hydrogen-bond donors (Lipinski definition) is 1. The number of ether oxygens (including phenoxy) is 1. The van der Waals surface area contributed by atoms with E-state index in [9.17, 15) is 9.59 Å². The van der Waals surface area contributed by atoms with Crippen LogP contribution in [0.15, 0.2) is 64.1 Å². The van der Waals surface area contributed by atoms with Crippen LogP contribution in [0.25, 0.3) is 0 Å². The highest BCUT2D eigenvalue weighted by molar-refractivity contribution is 6.12. The Balaban J connectivity index is 1.72. The predicted molar refractivity (Wildman–Crippen MR) is 133 cm³/mol. The quantitative estimate of drug-likeness (QED) is 0.406. The number of fused-ring (bicyclic) bond motifs is 1. The van der Waals surface area contributed by atoms with E-state index in [-0.39, 0.29) is 17.1 Å². The fourth-order valence-corrected chi connectivity index (χ4v) is 4.37. The summed E-state index contributed by atoms with van der Waals surface area (Å²) in [5, 5.41) is 4.70. The van der Waals surface area contributed by atoms with Gasteiger partial charge in [0.05, 0.1) is 29.8 Å². The van der Waals surface area contributed by atoms with Gasteiger partial charge in [-0.05, 0) is 43.0 Å². The van der Waals surface area contributed by atoms with Crippen molar-refractivity contribution in [3.63, 3.8) is 0 Å². The number of carbonyl (C=O) groups excluding carboxylic acids is 2. The van der Waals surface area contributed by atoms with Crippen LogP contribution in [0.4, 0.5) is 11.4 Å². The van der Waals surface area contributed by atoms with E-state index in [2.05, 4.69) is 19.3 Å². The highest BCUT2D eigenvalue weighted by Crippen LogP contribution is 2.39. The fraction of sp³-hybridized carbons (Fsp3) is 0.296. The summed E-state index contributed by atoms with van der Waals surface area (Å²) in [6.45, 7) is 6.20. The zero-order valence-corrected chi connectivity index (χ0v) is 20.1. The maximum absolute atomic E-state index is 13.5. The van der Waals surface area contributed by atoms with E-state index in [4.69, 9.17) is 14.3 Å². The Hall–Kier alpha value is -3.87. The van der Waals surface area contributed by atoms with E-state index in [1.165, 1.54) is 12.0 Å². The second kappa shape index (κ2) is 9.17. The molecule has 0 saturated carbocycles. The molecule has 0 fully saturated rings. The minimum Gasteiger partial charge on any atom is -0.465 e. The smallest absolute Gasteiger partial charge is 0.339 e. The molecule has 1 N–H and O–H groups in total. The molecule has 3 aromatic rings. The van der Waals surface area contributed by atoms with Crippen molar-refractivity contribution in [1.29, 1.82) is 0 Å². The molecule has 34 heavy (non-hydrogen) atoms. The number of rotatable bonds is 5. The summed E-state index contributed by atoms with van der Waals surface area (Å²) in [4.78, 5) is 27.2. The van der Waals surface area contributed by atoms with Crippen LogP contribution in [0, 0.1) is 12.3 Å². The van der Waals surface area contributed by atoms with E-state index >= 15 is 0 Å². The first-order valence-electron chi connectivity index (χ1n) is 11.2. The van der Waals surface area contributed by atoms with Gasteiger partial charge in [-0.3, -0.25) is 10.2 Å². The molecule has 0 spiro atoms. The van der Waals surface area contributed by atoms with Crippen LogP contribution >= 0.6 is 0 Å². The summed E-state index contributed by atoms with van der Waals surface area (Å²) >= 11 is 0. The van der Waals surface area contributed by atoms with Crippen molar-refractivity contribution >= 4 is 29.0 Å². The van der Waals surface area contributed by atoms with Crippen LogP contribution in [0.2, 0.25) is 0 Å². The normalized spacial score (nSPS) is 15.5. The molecule has 4 rings (SSSR count). The molecule has 0 atom stereocenters. The lowest BCUT2D eigenvalue weighted by molar-refractivity contribution is 0.0601. The van der Waals surface area contributed by atoms with Gasteiger partial charge in [-0.25, -0.2) is 4.79 Å². The van der Waals surface area contributed by atoms with E-state index in [0.29, 0.717) is 17.7 Å². The molecule has 0 bridgehead atoms. The third-order valence-electron chi connectivity index (χ3n) is 6.06. The number of benzene rings is 2. The molecule has 7 heteroatoms. The van der Waals surface area contributed by atoms with Crippen molar-refractivity contribution in [1.82, 2.24) is 0 Å². The molecule has 0 saturated heterocycles. The minimum absolute atomic E-state index is 0.0712. The van der Waals surface area contributed by atoms with E-state index < -0.39 is 5.97 Å². The Morgan fingerprint density at radius 3 is 2.44 bits per heavy atom. The molecule has 1 aliphatic carbocycles. The fourth-order valence-electron chi connectivity index (χ4n) is 4.37. The number of para-hydroxylation sites is 2. The Morgan fingerprint density at radius 2 is 1.74 bits per heavy atom. The lowest BCUT2D eigenvalue weighted by atomic mass is 9.75. The average molecular weight is 460 g/mol. The highest BCUT2D eigenvalue weighted by Gasteiger charge is 2.37. The number of esters is 1. The topological polar surface area (TPSA) is 84.1 Å². The van der Waals surface area contributed by atoms with Gasteiger partial charge in [0.1, 0.15) is 5.76 Å². The van der Waals surface area contributed by atoms with Gasteiger partial charge in [0.25, 0.3) is 5.91 Å². The van der Waals surface area contributed by atoms with Gasteiger partial charge in [0.2, 0.25) is 0 Å². The number of furan rings is 1. The molecule has 0 radical (unpaired) electrons. The van der Waals surface area contributed by atoms with Gasteiger partial charge >= 0.3 is 5.97 Å². The second-order valence-electron chi connectivity index (χ2n) is 9.28. The summed E-state index contributed by atoms with van der Waals surface area (Å²) < 4.78 is 11.0. The number of hydrogen-bond acceptors (Lipinski definition) is 6. The van der Waals surface area contributed by atoms with Crippen LogP contribution in [-0.2, 0) is 11.2 Å². The summed E-state index contributed by atoms with van der Waals surface area (Å²) in [5.74, 6) is 0.155. The van der Waals surface area contributed by atoms with Crippen molar-refractivity contribution in [2.75, 3.05) is 24.5 Å². The van der Waals surface area contributed by atoms with Gasteiger partial charge in [0, 0.05) is 24.6 Å². The van der Waals surface area contributed by atoms with Crippen molar-refractivity contribution in [2.24, 2.45) is 10.5 Å². The summed E-state index contributed by atoms with van der Waals surface area (Å²) in [6, 6.07) is 16.6. The zero-order chi connectivity index (χ0) is 24.5. The Labute approximate surface area is 199 Å². The third-order valence-corrected chi connectivity index (χ3v) is 6.06. The van der Waals surface area contributed by atoms with Gasteiger partial charge in [-0.15, -0.1) is 0 Å². The first-order valence-corrected chi connectivity index (χ1v) is 11.2. The number of anilines is 2. The molecular weight excluding hydrogens is 430 g/mol. The highest BCUT2D eigenvalue weighted by atomic mass is 16.5. The van der Waals surface area contributed by atoms with Crippen LogP contribution < -0.4 is 10.3 Å². The van der Waals surface area contributed by atoms with E-state index in [0.717, 1.165) is 34.7 Å². The SMILES string of the molecule is COC(=O)c1ccccc1N(C)C(=O)c1oc2c(c1C)/C(=N\Nc1ccccc1)CC(C)(C)C2. The number of carbonyl (C=O) groups is 2. The third kappa shape index (κ3) is 4.46. The molecule has 7 nitrogen and oxygen atoms in total. The minimum atomic E-state index is -0.506. The van der Waals surface area contributed by atoms with Crippen molar-refractivity contribution in [3.05, 3.63) is 82.8 Å². The van der Waals surface area contributed by atoms with Crippen LogP contribution in [-0.4, -0.2) is 31.7 Å². The largest absolute Gasteiger partial charge is 0.465 e. The second-order valence-corrected chi connectivity index (χ2v) is 9.28. The summed E-state index contributed by atoms with van der Waals surface area (Å²) in [6.07, 6.45) is 1.44. The summed E-state index contributed by atoms with van der Waals surface area (Å²) in [5.41, 5.74) is 7.18. The lowest BCUT2D eigenvalue weighted by Gasteiger charge is -2.29. The van der Waals surface area contributed by atoms with Gasteiger partial charge in [0.15, 0.2) is 5.76 Å². The van der Waals surface area contributed by atoms with E-state index in [1.54, 1.807) is 31.3 Å². The Morgan fingerprint density at radius 1 is 1.06 bits per heavy atom. The molecule has 176 valence electrons. The molecule has 2 aromatic carbocycles. The van der Waals surface area contributed by atoms with Gasteiger partial charge in [-0.2, -0.15) is 5.10 Å². The number of hydrazone groups is 1. The standard InChI is InChI=1S/C27H29N3O4/c1-17-23-20(29-28-18-11-7-6-8-12-18)15-27(2,3)16-22(23)34-24(17)25(31)30(4)21-14-10-9-13-19(21)26(32)33-5/h6-14,28H,15-16H2,1-5H3/b29-20-. The van der Waals surface area contributed by atoms with Crippen LogP contribution in [0.1, 0.15) is 58.1 Å². The molecule has 0 unspecified atom stereocenters. The lowest BCUT2D eigenvalue weighted by Crippen LogP contribution is -2.28. The maximum atomic E-state index is 13.5. The molecule has 1 amide bonds. The van der Waals surface area contributed by atoms with Crippen LogP contribution in [0.5, 0.6) is 0 Å².